The van der Waals surface area contributed by atoms with Crippen molar-refractivity contribution in [1.29, 1.82) is 0 Å². The van der Waals surface area contributed by atoms with Gasteiger partial charge in [0.05, 0.1) is 6.10 Å². The second-order valence-corrected chi connectivity index (χ2v) is 7.07. The summed E-state index contributed by atoms with van der Waals surface area (Å²) in [4.78, 5) is 1.06. The van der Waals surface area contributed by atoms with Crippen LogP contribution in [0.4, 0.5) is 0 Å². The lowest BCUT2D eigenvalue weighted by Crippen LogP contribution is -2.30. The number of hydrogen-bond donors (Lipinski definition) is 1. The quantitative estimate of drug-likeness (QED) is 0.830. The van der Waals surface area contributed by atoms with Crippen molar-refractivity contribution in [1.82, 2.24) is 0 Å². The molecule has 1 aromatic heterocycles. The highest BCUT2D eigenvalue weighted by Gasteiger charge is 2.43. The van der Waals surface area contributed by atoms with Crippen molar-refractivity contribution >= 4 is 27.3 Å². The van der Waals surface area contributed by atoms with Crippen molar-refractivity contribution in [2.45, 2.75) is 37.2 Å². The standard InChI is InChI=1S/C16H17BrOS/c17-13-8-11-19-14(13)15(18)16(9-4-5-10-16)12-6-2-1-3-7-12/h1-3,6-8,11,15,18H,4-5,9-10H2. The molecule has 0 bridgehead atoms. The van der Waals surface area contributed by atoms with E-state index in [9.17, 15) is 5.11 Å². The number of aliphatic hydroxyl groups is 1. The minimum Gasteiger partial charge on any atom is -0.387 e. The maximum absolute atomic E-state index is 11.0. The van der Waals surface area contributed by atoms with Crippen LogP contribution in [0.2, 0.25) is 0 Å². The number of aliphatic hydroxyl groups excluding tert-OH is 1. The minimum atomic E-state index is -0.410. The van der Waals surface area contributed by atoms with E-state index in [-0.39, 0.29) is 5.41 Å². The molecule has 1 fully saturated rings. The van der Waals surface area contributed by atoms with Gasteiger partial charge in [-0.2, -0.15) is 0 Å². The smallest absolute Gasteiger partial charge is 0.0989 e. The summed E-state index contributed by atoms with van der Waals surface area (Å²) in [5.74, 6) is 0. The van der Waals surface area contributed by atoms with Gasteiger partial charge in [0.1, 0.15) is 0 Å². The van der Waals surface area contributed by atoms with E-state index in [2.05, 4.69) is 40.2 Å². The lowest BCUT2D eigenvalue weighted by molar-refractivity contribution is 0.0849. The monoisotopic (exact) mass is 336 g/mol. The molecule has 0 saturated heterocycles. The Labute approximate surface area is 126 Å². The van der Waals surface area contributed by atoms with Crippen LogP contribution in [0, 0.1) is 0 Å². The SMILES string of the molecule is OC(c1sccc1Br)C1(c2ccccc2)CCCC1. The van der Waals surface area contributed by atoms with E-state index >= 15 is 0 Å². The summed E-state index contributed by atoms with van der Waals surface area (Å²) >= 11 is 5.20. The Hall–Kier alpha value is -0.640. The lowest BCUT2D eigenvalue weighted by atomic mass is 9.73. The first-order valence-electron chi connectivity index (χ1n) is 6.70. The molecule has 3 rings (SSSR count). The fourth-order valence-electron chi connectivity index (χ4n) is 3.25. The number of rotatable bonds is 3. The fraction of sp³-hybridized carbons (Fsp3) is 0.375. The van der Waals surface area contributed by atoms with Gasteiger partial charge in [0.2, 0.25) is 0 Å². The lowest BCUT2D eigenvalue weighted by Gasteiger charge is -2.34. The van der Waals surface area contributed by atoms with Crippen LogP contribution in [0.15, 0.2) is 46.3 Å². The van der Waals surface area contributed by atoms with Crippen LogP contribution in [0.3, 0.4) is 0 Å². The van der Waals surface area contributed by atoms with Gasteiger partial charge < -0.3 is 5.11 Å². The van der Waals surface area contributed by atoms with E-state index in [0.717, 1.165) is 22.2 Å². The first kappa shape index (κ1) is 13.3. The number of halogens is 1. The largest absolute Gasteiger partial charge is 0.387 e. The van der Waals surface area contributed by atoms with E-state index in [1.54, 1.807) is 11.3 Å². The summed E-state index contributed by atoms with van der Waals surface area (Å²) in [6, 6.07) is 12.5. The zero-order valence-corrected chi connectivity index (χ0v) is 13.1. The maximum Gasteiger partial charge on any atom is 0.0989 e. The average molecular weight is 337 g/mol. The van der Waals surface area contributed by atoms with E-state index in [1.165, 1.54) is 18.4 Å². The summed E-state index contributed by atoms with van der Waals surface area (Å²) < 4.78 is 1.03. The highest BCUT2D eigenvalue weighted by Crippen LogP contribution is 2.51. The Kier molecular flexibility index (Phi) is 3.79. The molecular formula is C16H17BrOS. The normalized spacial score (nSPS) is 19.5. The van der Waals surface area contributed by atoms with Gasteiger partial charge in [0, 0.05) is 14.8 Å². The first-order chi connectivity index (χ1) is 9.24. The Morgan fingerprint density at radius 3 is 2.37 bits per heavy atom. The molecular weight excluding hydrogens is 320 g/mol. The van der Waals surface area contributed by atoms with Crippen molar-refractivity contribution in [3.8, 4) is 0 Å². The molecule has 1 nitrogen and oxygen atoms in total. The molecule has 1 aliphatic rings. The maximum atomic E-state index is 11.0. The summed E-state index contributed by atoms with van der Waals surface area (Å²) in [5.41, 5.74) is 1.18. The average Bonchev–Trinajstić information content (AvgIpc) is 3.08. The van der Waals surface area contributed by atoms with Crippen LogP contribution in [0.1, 0.15) is 42.2 Å². The molecule has 1 saturated carbocycles. The van der Waals surface area contributed by atoms with Gasteiger partial charge in [-0.25, -0.2) is 0 Å². The van der Waals surface area contributed by atoms with E-state index < -0.39 is 6.10 Å². The summed E-state index contributed by atoms with van der Waals surface area (Å²) in [7, 11) is 0. The van der Waals surface area contributed by atoms with Gasteiger partial charge in [-0.15, -0.1) is 11.3 Å². The number of hydrogen-bond acceptors (Lipinski definition) is 2. The van der Waals surface area contributed by atoms with Crippen LogP contribution in [0.5, 0.6) is 0 Å². The van der Waals surface area contributed by atoms with Crippen LogP contribution in [-0.4, -0.2) is 5.11 Å². The van der Waals surface area contributed by atoms with E-state index in [0.29, 0.717) is 0 Å². The Morgan fingerprint density at radius 1 is 1.11 bits per heavy atom. The third-order valence-corrected chi connectivity index (χ3v) is 6.18. The van der Waals surface area contributed by atoms with Crippen molar-refractivity contribution < 1.29 is 5.11 Å². The molecule has 0 spiro atoms. The third kappa shape index (κ3) is 2.28. The van der Waals surface area contributed by atoms with Crippen molar-refractivity contribution in [3.05, 3.63) is 56.7 Å². The fourth-order valence-corrected chi connectivity index (χ4v) is 4.94. The van der Waals surface area contributed by atoms with Gasteiger partial charge >= 0.3 is 0 Å². The summed E-state index contributed by atoms with van der Waals surface area (Å²) in [5, 5.41) is 13.0. The van der Waals surface area contributed by atoms with Gasteiger partial charge in [0.25, 0.3) is 0 Å². The zero-order chi connectivity index (χ0) is 13.3. The summed E-state index contributed by atoms with van der Waals surface area (Å²) in [6.45, 7) is 0. The molecule has 1 aliphatic carbocycles. The van der Waals surface area contributed by atoms with Crippen molar-refractivity contribution in [3.63, 3.8) is 0 Å². The predicted molar refractivity (Wildman–Crippen MR) is 83.6 cm³/mol. The minimum absolute atomic E-state index is 0.103. The van der Waals surface area contributed by atoms with Crippen LogP contribution >= 0.6 is 27.3 Å². The highest BCUT2D eigenvalue weighted by atomic mass is 79.9. The molecule has 1 heterocycles. The zero-order valence-electron chi connectivity index (χ0n) is 10.7. The highest BCUT2D eigenvalue weighted by molar-refractivity contribution is 9.10. The van der Waals surface area contributed by atoms with E-state index in [1.807, 2.05) is 17.5 Å². The number of thiophene rings is 1. The molecule has 1 atom stereocenters. The third-order valence-electron chi connectivity index (χ3n) is 4.26. The Bertz CT molecular complexity index is 543. The van der Waals surface area contributed by atoms with Gasteiger partial charge in [0.15, 0.2) is 0 Å². The molecule has 100 valence electrons. The number of benzene rings is 1. The van der Waals surface area contributed by atoms with E-state index in [4.69, 9.17) is 0 Å². The molecule has 0 radical (unpaired) electrons. The van der Waals surface area contributed by atoms with Crippen LogP contribution in [-0.2, 0) is 5.41 Å². The van der Waals surface area contributed by atoms with Crippen LogP contribution in [0.25, 0.3) is 0 Å². The molecule has 1 aromatic carbocycles. The van der Waals surface area contributed by atoms with Gasteiger partial charge in [-0.05, 0) is 45.8 Å². The van der Waals surface area contributed by atoms with Crippen molar-refractivity contribution in [2.24, 2.45) is 0 Å². The second kappa shape index (κ2) is 5.39. The predicted octanol–water partition coefficient (Wildman–Crippen LogP) is 5.06. The summed E-state index contributed by atoms with van der Waals surface area (Å²) in [6.07, 6.45) is 4.14. The van der Waals surface area contributed by atoms with Crippen LogP contribution < -0.4 is 0 Å². The van der Waals surface area contributed by atoms with Crippen molar-refractivity contribution in [2.75, 3.05) is 0 Å². The molecule has 2 aromatic rings. The molecule has 1 unspecified atom stereocenters. The van der Waals surface area contributed by atoms with Gasteiger partial charge in [-0.3, -0.25) is 0 Å². The molecule has 19 heavy (non-hydrogen) atoms. The first-order valence-corrected chi connectivity index (χ1v) is 8.38. The molecule has 0 amide bonds. The Morgan fingerprint density at radius 2 is 1.79 bits per heavy atom. The molecule has 1 N–H and O–H groups in total. The molecule has 0 aliphatic heterocycles. The van der Waals surface area contributed by atoms with Gasteiger partial charge in [-0.1, -0.05) is 43.2 Å². The second-order valence-electron chi connectivity index (χ2n) is 5.26. The molecule has 3 heteroatoms. The topological polar surface area (TPSA) is 20.2 Å². The Balaban J connectivity index is 2.04.